The van der Waals surface area contributed by atoms with Gasteiger partial charge in [0.1, 0.15) is 0 Å². The molecule has 0 radical (unpaired) electrons. The topological polar surface area (TPSA) is 29.1 Å². The summed E-state index contributed by atoms with van der Waals surface area (Å²) in [5.41, 5.74) is 1.11. The zero-order chi connectivity index (χ0) is 15.1. The van der Waals surface area contributed by atoms with Crippen LogP contribution >= 0.6 is 15.9 Å². The molecule has 112 valence electrons. The van der Waals surface area contributed by atoms with Gasteiger partial charge in [-0.25, -0.2) is 0 Å². The Morgan fingerprint density at radius 3 is 2.30 bits per heavy atom. The Labute approximate surface area is 131 Å². The van der Waals surface area contributed by atoms with Gasteiger partial charge in [0.2, 0.25) is 5.91 Å². The Bertz CT molecular complexity index is 405. The highest BCUT2D eigenvalue weighted by Gasteiger charge is 2.26. The lowest BCUT2D eigenvalue weighted by molar-refractivity contribution is -0.124. The number of alkyl halides is 1. The zero-order valence-electron chi connectivity index (χ0n) is 12.9. The first-order valence-electron chi connectivity index (χ1n) is 7.45. The predicted molar refractivity (Wildman–Crippen MR) is 89.2 cm³/mol. The van der Waals surface area contributed by atoms with E-state index in [1.807, 2.05) is 30.3 Å². The summed E-state index contributed by atoms with van der Waals surface area (Å²) in [4.78, 5) is 13.0. The van der Waals surface area contributed by atoms with Crippen LogP contribution in [0.15, 0.2) is 30.3 Å². The van der Waals surface area contributed by atoms with Crippen molar-refractivity contribution in [2.24, 2.45) is 5.92 Å². The van der Waals surface area contributed by atoms with E-state index in [9.17, 15) is 4.79 Å². The summed E-state index contributed by atoms with van der Waals surface area (Å²) in [7, 11) is 0. The Balaban J connectivity index is 2.81. The van der Waals surface area contributed by atoms with Crippen molar-refractivity contribution in [3.05, 3.63) is 35.9 Å². The van der Waals surface area contributed by atoms with Crippen molar-refractivity contribution in [3.63, 3.8) is 0 Å². The van der Waals surface area contributed by atoms with Crippen LogP contribution in [0.4, 0.5) is 0 Å². The molecule has 0 aliphatic heterocycles. The van der Waals surface area contributed by atoms with Crippen LogP contribution in [0.2, 0.25) is 0 Å². The van der Waals surface area contributed by atoms with Crippen LogP contribution in [0.25, 0.3) is 0 Å². The molecule has 4 atom stereocenters. The Hall–Kier alpha value is -0.830. The fourth-order valence-electron chi connectivity index (χ4n) is 2.51. The summed E-state index contributed by atoms with van der Waals surface area (Å²) in [6, 6.07) is 10.3. The molecule has 0 saturated carbocycles. The van der Waals surface area contributed by atoms with Gasteiger partial charge in [0.15, 0.2) is 0 Å². The molecular weight excluding hydrogens is 314 g/mol. The summed E-state index contributed by atoms with van der Waals surface area (Å²) < 4.78 is 0. The molecule has 0 aliphatic carbocycles. The zero-order valence-corrected chi connectivity index (χ0v) is 14.5. The lowest BCUT2D eigenvalue weighted by Gasteiger charge is -2.25. The van der Waals surface area contributed by atoms with Gasteiger partial charge in [0.05, 0.1) is 5.92 Å². The third-order valence-corrected chi connectivity index (χ3v) is 4.09. The molecular formula is C17H26BrNO. The molecule has 0 spiro atoms. The van der Waals surface area contributed by atoms with Crippen molar-refractivity contribution in [3.8, 4) is 0 Å². The monoisotopic (exact) mass is 339 g/mol. The highest BCUT2D eigenvalue weighted by atomic mass is 79.9. The maximum Gasteiger partial charge on any atom is 0.228 e. The van der Waals surface area contributed by atoms with Gasteiger partial charge in [-0.2, -0.15) is 0 Å². The highest BCUT2D eigenvalue weighted by Crippen LogP contribution is 2.27. The van der Waals surface area contributed by atoms with Crippen LogP contribution in [0.1, 0.15) is 52.0 Å². The van der Waals surface area contributed by atoms with Crippen LogP contribution < -0.4 is 5.32 Å². The number of benzene rings is 1. The number of carbonyl (C=O) groups excluding carboxylic acids is 1. The van der Waals surface area contributed by atoms with E-state index in [1.165, 1.54) is 0 Å². The quantitative estimate of drug-likeness (QED) is 0.728. The number of nitrogens with one attached hydrogen (secondary N) is 1. The Morgan fingerprint density at radius 1 is 1.20 bits per heavy atom. The largest absolute Gasteiger partial charge is 0.353 e. The van der Waals surface area contributed by atoms with E-state index in [4.69, 9.17) is 0 Å². The van der Waals surface area contributed by atoms with Crippen molar-refractivity contribution in [2.45, 2.75) is 57.3 Å². The Morgan fingerprint density at radius 2 is 1.80 bits per heavy atom. The standard InChI is InChI=1S/C17H26BrNO/c1-5-12(2)16(15-9-7-6-8-10-15)17(20)19-14(4)11-13(3)18/h6-10,12-14,16H,5,11H2,1-4H3,(H,19,20). The molecule has 1 aromatic carbocycles. The van der Waals surface area contributed by atoms with Gasteiger partial charge in [0.25, 0.3) is 0 Å². The molecule has 20 heavy (non-hydrogen) atoms. The van der Waals surface area contributed by atoms with Crippen molar-refractivity contribution >= 4 is 21.8 Å². The molecule has 1 N–H and O–H groups in total. The predicted octanol–water partition coefficient (Wildman–Crippen LogP) is 4.49. The van der Waals surface area contributed by atoms with E-state index < -0.39 is 0 Å². The summed E-state index contributed by atoms with van der Waals surface area (Å²) in [6.45, 7) is 8.45. The second-order valence-corrected chi connectivity index (χ2v) is 7.26. The van der Waals surface area contributed by atoms with Crippen molar-refractivity contribution in [1.29, 1.82) is 0 Å². The Kier molecular flexibility index (Phi) is 7.28. The first-order valence-corrected chi connectivity index (χ1v) is 8.36. The summed E-state index contributed by atoms with van der Waals surface area (Å²) >= 11 is 3.54. The minimum atomic E-state index is -0.0609. The molecule has 3 heteroatoms. The van der Waals surface area contributed by atoms with Crippen LogP contribution in [0.5, 0.6) is 0 Å². The minimum Gasteiger partial charge on any atom is -0.353 e. The van der Waals surface area contributed by atoms with Crippen LogP contribution in [0, 0.1) is 5.92 Å². The fraction of sp³-hybridized carbons (Fsp3) is 0.588. The van der Waals surface area contributed by atoms with Gasteiger partial charge in [-0.1, -0.05) is 73.5 Å². The van der Waals surface area contributed by atoms with E-state index in [2.05, 4.69) is 48.9 Å². The van der Waals surface area contributed by atoms with Gasteiger partial charge in [-0.05, 0) is 24.8 Å². The summed E-state index contributed by atoms with van der Waals surface area (Å²) in [5, 5.41) is 3.16. The van der Waals surface area contributed by atoms with E-state index >= 15 is 0 Å². The van der Waals surface area contributed by atoms with Gasteiger partial charge in [-0.3, -0.25) is 4.79 Å². The SMILES string of the molecule is CCC(C)C(C(=O)NC(C)CC(C)Br)c1ccccc1. The van der Waals surface area contributed by atoms with Gasteiger partial charge in [-0.15, -0.1) is 0 Å². The van der Waals surface area contributed by atoms with Gasteiger partial charge >= 0.3 is 0 Å². The van der Waals surface area contributed by atoms with E-state index in [-0.39, 0.29) is 17.9 Å². The van der Waals surface area contributed by atoms with Crippen LogP contribution in [-0.2, 0) is 4.79 Å². The summed E-state index contributed by atoms with van der Waals surface area (Å²) in [6.07, 6.45) is 1.93. The number of amides is 1. The van der Waals surface area contributed by atoms with Crippen LogP contribution in [-0.4, -0.2) is 16.8 Å². The number of carbonyl (C=O) groups is 1. The average molecular weight is 340 g/mol. The first kappa shape index (κ1) is 17.2. The molecule has 0 fully saturated rings. The number of rotatable bonds is 7. The van der Waals surface area contributed by atoms with Gasteiger partial charge in [0, 0.05) is 10.9 Å². The first-order chi connectivity index (χ1) is 9.45. The number of hydrogen-bond donors (Lipinski definition) is 1. The van der Waals surface area contributed by atoms with E-state index in [0.717, 1.165) is 18.4 Å². The third-order valence-electron chi connectivity index (χ3n) is 3.72. The molecule has 2 nitrogen and oxygen atoms in total. The van der Waals surface area contributed by atoms with Crippen molar-refractivity contribution < 1.29 is 4.79 Å². The molecule has 1 aromatic rings. The normalized spacial score (nSPS) is 17.1. The number of hydrogen-bond acceptors (Lipinski definition) is 1. The average Bonchev–Trinajstić information content (AvgIpc) is 2.38. The van der Waals surface area contributed by atoms with Crippen molar-refractivity contribution in [2.75, 3.05) is 0 Å². The molecule has 1 amide bonds. The molecule has 0 aromatic heterocycles. The lowest BCUT2D eigenvalue weighted by Crippen LogP contribution is -2.39. The van der Waals surface area contributed by atoms with Gasteiger partial charge < -0.3 is 5.32 Å². The number of halogens is 1. The van der Waals surface area contributed by atoms with Crippen LogP contribution in [0.3, 0.4) is 0 Å². The summed E-state index contributed by atoms with van der Waals surface area (Å²) in [5.74, 6) is 0.423. The smallest absolute Gasteiger partial charge is 0.228 e. The third kappa shape index (κ3) is 5.28. The molecule has 0 heterocycles. The molecule has 0 saturated heterocycles. The second-order valence-electron chi connectivity index (χ2n) is 5.70. The fourth-order valence-corrected chi connectivity index (χ4v) is 3.07. The molecule has 0 aliphatic rings. The highest BCUT2D eigenvalue weighted by molar-refractivity contribution is 9.09. The molecule has 1 rings (SSSR count). The maximum absolute atomic E-state index is 12.6. The second kappa shape index (κ2) is 8.46. The molecule has 0 bridgehead atoms. The van der Waals surface area contributed by atoms with E-state index in [1.54, 1.807) is 0 Å². The van der Waals surface area contributed by atoms with E-state index in [0.29, 0.717) is 10.7 Å². The maximum atomic E-state index is 12.6. The van der Waals surface area contributed by atoms with Crippen molar-refractivity contribution in [1.82, 2.24) is 5.32 Å². The molecule has 4 unspecified atom stereocenters. The lowest BCUT2D eigenvalue weighted by atomic mass is 9.84. The minimum absolute atomic E-state index is 0.0609.